The predicted molar refractivity (Wildman–Crippen MR) is 74.6 cm³/mol. The number of ether oxygens (including phenoxy) is 2. The van der Waals surface area contributed by atoms with Crippen molar-refractivity contribution in [2.24, 2.45) is 0 Å². The molecule has 1 aromatic heterocycles. The van der Waals surface area contributed by atoms with E-state index in [4.69, 9.17) is 21.1 Å². The molecule has 2 rings (SSSR count). The number of benzene rings is 1. The van der Waals surface area contributed by atoms with Crippen LogP contribution < -0.4 is 14.8 Å². The van der Waals surface area contributed by atoms with Gasteiger partial charge in [0.25, 0.3) is 5.91 Å². The Kier molecular flexibility index (Phi) is 4.24. The number of hydrogen-bond acceptors (Lipinski definition) is 5. The number of carbonyl (C=O) groups excluding carboxylic acids is 1. The van der Waals surface area contributed by atoms with Gasteiger partial charge in [0.2, 0.25) is 0 Å². The molecule has 0 saturated heterocycles. The van der Waals surface area contributed by atoms with Crippen LogP contribution in [-0.4, -0.2) is 25.1 Å². The standard InChI is InChI=1S/C12H11ClN2O3S/c1-17-8-3-7(4-9(5-8)18-2)15-11(16)10-6-14-12(13)19-10/h3-6H,1-2H3,(H,15,16). The lowest BCUT2D eigenvalue weighted by molar-refractivity contribution is 0.103. The number of aromatic nitrogens is 1. The zero-order chi connectivity index (χ0) is 13.8. The monoisotopic (exact) mass is 298 g/mol. The second-order valence-corrected chi connectivity index (χ2v) is 5.15. The number of amides is 1. The van der Waals surface area contributed by atoms with Crippen LogP contribution in [0, 0.1) is 0 Å². The van der Waals surface area contributed by atoms with Crippen LogP contribution in [0.1, 0.15) is 9.67 Å². The molecule has 0 aliphatic rings. The summed E-state index contributed by atoms with van der Waals surface area (Å²) in [5, 5.41) is 2.73. The van der Waals surface area contributed by atoms with Gasteiger partial charge in [-0.3, -0.25) is 4.79 Å². The molecule has 0 spiro atoms. The molecule has 2 aromatic rings. The SMILES string of the molecule is COc1cc(NC(=O)c2cnc(Cl)s2)cc(OC)c1. The van der Waals surface area contributed by atoms with Gasteiger partial charge in [0.15, 0.2) is 4.47 Å². The van der Waals surface area contributed by atoms with Gasteiger partial charge in [-0.2, -0.15) is 0 Å². The van der Waals surface area contributed by atoms with Crippen LogP contribution in [0.3, 0.4) is 0 Å². The molecule has 0 saturated carbocycles. The zero-order valence-electron chi connectivity index (χ0n) is 10.3. The van der Waals surface area contributed by atoms with Gasteiger partial charge in [0.1, 0.15) is 16.4 Å². The second kappa shape index (κ2) is 5.90. The summed E-state index contributed by atoms with van der Waals surface area (Å²) in [5.41, 5.74) is 0.575. The molecular formula is C12H11ClN2O3S. The molecule has 7 heteroatoms. The lowest BCUT2D eigenvalue weighted by atomic mass is 10.2. The van der Waals surface area contributed by atoms with E-state index in [0.717, 1.165) is 11.3 Å². The third-order valence-electron chi connectivity index (χ3n) is 2.31. The minimum Gasteiger partial charge on any atom is -0.497 e. The number of hydrogen-bond donors (Lipinski definition) is 1. The number of anilines is 1. The first-order valence-corrected chi connectivity index (χ1v) is 6.47. The minimum atomic E-state index is -0.278. The highest BCUT2D eigenvalue weighted by molar-refractivity contribution is 7.17. The van der Waals surface area contributed by atoms with E-state index in [1.54, 1.807) is 32.4 Å². The smallest absolute Gasteiger partial charge is 0.267 e. The van der Waals surface area contributed by atoms with Crippen molar-refractivity contribution in [3.05, 3.63) is 33.7 Å². The van der Waals surface area contributed by atoms with Crippen LogP contribution in [0.2, 0.25) is 4.47 Å². The van der Waals surface area contributed by atoms with Gasteiger partial charge < -0.3 is 14.8 Å². The predicted octanol–water partition coefficient (Wildman–Crippen LogP) is 3.07. The average molecular weight is 299 g/mol. The van der Waals surface area contributed by atoms with E-state index in [1.165, 1.54) is 6.20 Å². The summed E-state index contributed by atoms with van der Waals surface area (Å²) in [7, 11) is 3.09. The largest absolute Gasteiger partial charge is 0.497 e. The summed E-state index contributed by atoms with van der Waals surface area (Å²) < 4.78 is 10.6. The average Bonchev–Trinajstić information content (AvgIpc) is 2.85. The fraction of sp³-hybridized carbons (Fsp3) is 0.167. The van der Waals surface area contributed by atoms with Crippen molar-refractivity contribution in [2.45, 2.75) is 0 Å². The fourth-order valence-corrected chi connectivity index (χ4v) is 2.26. The van der Waals surface area contributed by atoms with Crippen molar-refractivity contribution in [1.82, 2.24) is 4.98 Å². The number of methoxy groups -OCH3 is 2. The quantitative estimate of drug-likeness (QED) is 0.942. The molecule has 0 aliphatic heterocycles. The summed E-state index contributed by atoms with van der Waals surface area (Å²) in [4.78, 5) is 16.2. The maximum Gasteiger partial charge on any atom is 0.267 e. The Bertz CT molecular complexity index is 578. The van der Waals surface area contributed by atoms with Crippen LogP contribution in [0.15, 0.2) is 24.4 Å². The van der Waals surface area contributed by atoms with Crippen molar-refractivity contribution in [3.63, 3.8) is 0 Å². The minimum absolute atomic E-state index is 0.278. The van der Waals surface area contributed by atoms with E-state index in [-0.39, 0.29) is 5.91 Å². The molecule has 0 aliphatic carbocycles. The Labute approximate surface area is 119 Å². The van der Waals surface area contributed by atoms with E-state index in [0.29, 0.717) is 26.5 Å². The first kappa shape index (κ1) is 13.6. The lowest BCUT2D eigenvalue weighted by Gasteiger charge is -2.09. The third kappa shape index (κ3) is 3.36. The van der Waals surface area contributed by atoms with E-state index < -0.39 is 0 Å². The Morgan fingerprint density at radius 2 is 1.89 bits per heavy atom. The van der Waals surface area contributed by atoms with E-state index >= 15 is 0 Å². The highest BCUT2D eigenvalue weighted by Gasteiger charge is 2.11. The Hall–Kier alpha value is -1.79. The van der Waals surface area contributed by atoms with Gasteiger partial charge in [-0.05, 0) is 0 Å². The molecule has 0 bridgehead atoms. The van der Waals surface area contributed by atoms with E-state index in [2.05, 4.69) is 10.3 Å². The Morgan fingerprint density at radius 1 is 1.26 bits per heavy atom. The number of rotatable bonds is 4. The molecule has 0 unspecified atom stereocenters. The van der Waals surface area contributed by atoms with Gasteiger partial charge in [-0.25, -0.2) is 4.98 Å². The van der Waals surface area contributed by atoms with Crippen molar-refractivity contribution >= 4 is 34.5 Å². The van der Waals surface area contributed by atoms with Crippen LogP contribution in [-0.2, 0) is 0 Å². The highest BCUT2D eigenvalue weighted by Crippen LogP contribution is 2.26. The van der Waals surface area contributed by atoms with Gasteiger partial charge in [-0.15, -0.1) is 0 Å². The molecule has 5 nitrogen and oxygen atoms in total. The van der Waals surface area contributed by atoms with Gasteiger partial charge >= 0.3 is 0 Å². The Morgan fingerprint density at radius 3 is 2.37 bits per heavy atom. The molecule has 0 fully saturated rings. The summed E-state index contributed by atoms with van der Waals surface area (Å²) in [6, 6.07) is 5.12. The first-order valence-electron chi connectivity index (χ1n) is 5.28. The summed E-state index contributed by atoms with van der Waals surface area (Å²) >= 11 is 6.80. The molecule has 0 radical (unpaired) electrons. The molecular weight excluding hydrogens is 288 g/mol. The zero-order valence-corrected chi connectivity index (χ0v) is 11.8. The van der Waals surface area contributed by atoms with Crippen LogP contribution in [0.4, 0.5) is 5.69 Å². The Balaban J connectivity index is 2.20. The number of nitrogens with zero attached hydrogens (tertiary/aromatic N) is 1. The number of carbonyl (C=O) groups is 1. The first-order chi connectivity index (χ1) is 9.12. The molecule has 1 heterocycles. The molecule has 100 valence electrons. The van der Waals surface area contributed by atoms with Crippen molar-refractivity contribution in [2.75, 3.05) is 19.5 Å². The van der Waals surface area contributed by atoms with E-state index in [9.17, 15) is 4.79 Å². The number of thiazole rings is 1. The number of nitrogens with one attached hydrogen (secondary N) is 1. The molecule has 1 aromatic carbocycles. The highest BCUT2D eigenvalue weighted by atomic mass is 35.5. The maximum atomic E-state index is 11.9. The topological polar surface area (TPSA) is 60.5 Å². The van der Waals surface area contributed by atoms with Gasteiger partial charge in [0, 0.05) is 23.9 Å². The third-order valence-corrected chi connectivity index (χ3v) is 3.42. The summed E-state index contributed by atoms with van der Waals surface area (Å²) in [6.45, 7) is 0. The normalized spacial score (nSPS) is 10.1. The molecule has 19 heavy (non-hydrogen) atoms. The van der Waals surface area contributed by atoms with Crippen LogP contribution >= 0.6 is 22.9 Å². The van der Waals surface area contributed by atoms with Crippen molar-refractivity contribution in [1.29, 1.82) is 0 Å². The molecule has 1 amide bonds. The maximum absolute atomic E-state index is 11.9. The van der Waals surface area contributed by atoms with Crippen molar-refractivity contribution < 1.29 is 14.3 Å². The number of halogens is 1. The van der Waals surface area contributed by atoms with Crippen LogP contribution in [0.5, 0.6) is 11.5 Å². The van der Waals surface area contributed by atoms with Crippen LogP contribution in [0.25, 0.3) is 0 Å². The van der Waals surface area contributed by atoms with Gasteiger partial charge in [-0.1, -0.05) is 22.9 Å². The van der Waals surface area contributed by atoms with E-state index in [1.807, 2.05) is 0 Å². The second-order valence-electron chi connectivity index (χ2n) is 3.53. The fourth-order valence-electron chi connectivity index (χ4n) is 1.43. The van der Waals surface area contributed by atoms with Gasteiger partial charge in [0.05, 0.1) is 20.4 Å². The molecule has 1 N–H and O–H groups in total. The lowest BCUT2D eigenvalue weighted by Crippen LogP contribution is -2.10. The summed E-state index contributed by atoms with van der Waals surface area (Å²) in [6.07, 6.45) is 1.43. The van der Waals surface area contributed by atoms with Crippen molar-refractivity contribution in [3.8, 4) is 11.5 Å². The summed E-state index contributed by atoms with van der Waals surface area (Å²) in [5.74, 6) is 0.911. The molecule has 0 atom stereocenters.